The molecule has 184 valence electrons. The molecule has 0 aliphatic heterocycles. The Kier molecular flexibility index (Phi) is 6.33. The molecule has 0 radical (unpaired) electrons. The third-order valence-corrected chi connectivity index (χ3v) is 6.77. The van der Waals surface area contributed by atoms with Gasteiger partial charge in [0.2, 0.25) is 0 Å². The minimum Gasteiger partial charge on any atom is -0.493 e. The zero-order chi connectivity index (χ0) is 24.8. The van der Waals surface area contributed by atoms with Gasteiger partial charge < -0.3 is 9.84 Å². The number of carboxylic acids is 1. The fourth-order valence-corrected chi connectivity index (χ4v) is 4.71. The lowest BCUT2D eigenvalue weighted by molar-refractivity contribution is -0.142. The van der Waals surface area contributed by atoms with E-state index in [1.807, 2.05) is 6.07 Å². The summed E-state index contributed by atoms with van der Waals surface area (Å²) in [6.07, 6.45) is -7.28. The van der Waals surface area contributed by atoms with E-state index in [-0.39, 0.29) is 29.9 Å². The van der Waals surface area contributed by atoms with Crippen molar-refractivity contribution in [3.63, 3.8) is 0 Å². The Morgan fingerprint density at radius 1 is 1.06 bits per heavy atom. The Bertz CT molecular complexity index is 1060. The maximum atomic E-state index is 13.4. The number of carboxylic acid groups (broad SMARTS) is 1. The summed E-state index contributed by atoms with van der Waals surface area (Å²) in [5.41, 5.74) is -1.67. The lowest BCUT2D eigenvalue weighted by Gasteiger charge is -2.21. The van der Waals surface area contributed by atoms with E-state index in [4.69, 9.17) is 4.74 Å². The fourth-order valence-electron chi connectivity index (χ4n) is 4.71. The second-order valence-electron chi connectivity index (χ2n) is 9.27. The van der Waals surface area contributed by atoms with Crippen molar-refractivity contribution in [3.8, 4) is 5.75 Å². The van der Waals surface area contributed by atoms with Gasteiger partial charge >= 0.3 is 18.3 Å². The van der Waals surface area contributed by atoms with E-state index in [0.29, 0.717) is 30.4 Å². The van der Waals surface area contributed by atoms with Crippen LogP contribution >= 0.6 is 0 Å². The van der Waals surface area contributed by atoms with Crippen LogP contribution in [0.4, 0.5) is 26.3 Å². The Labute approximate surface area is 192 Å². The first-order valence-corrected chi connectivity index (χ1v) is 11.1. The van der Waals surface area contributed by atoms with Gasteiger partial charge in [-0.15, -0.1) is 0 Å². The summed E-state index contributed by atoms with van der Waals surface area (Å²) in [5, 5.41) is 9.45. The van der Waals surface area contributed by atoms with Gasteiger partial charge in [-0.1, -0.05) is 19.1 Å². The first-order valence-electron chi connectivity index (χ1n) is 11.1. The predicted molar refractivity (Wildman–Crippen MR) is 111 cm³/mol. The molecule has 34 heavy (non-hydrogen) atoms. The minimum absolute atomic E-state index is 0.0598. The molecule has 0 bridgehead atoms. The Morgan fingerprint density at radius 3 is 2.35 bits per heavy atom. The van der Waals surface area contributed by atoms with Crippen LogP contribution in [0.2, 0.25) is 0 Å². The van der Waals surface area contributed by atoms with Crippen LogP contribution in [0.15, 0.2) is 42.5 Å². The van der Waals surface area contributed by atoms with E-state index in [9.17, 15) is 36.2 Å². The average Bonchev–Trinajstić information content (AvgIpc) is 3.66. The molecule has 2 aromatic rings. The van der Waals surface area contributed by atoms with E-state index in [1.165, 1.54) is 0 Å². The first-order chi connectivity index (χ1) is 15.9. The van der Waals surface area contributed by atoms with Crippen LogP contribution in [-0.4, -0.2) is 17.7 Å². The smallest absolute Gasteiger partial charge is 0.416 e. The molecule has 2 aliphatic rings. The quantitative estimate of drug-likeness (QED) is 0.404. The van der Waals surface area contributed by atoms with Crippen LogP contribution < -0.4 is 4.74 Å². The molecule has 3 nitrogen and oxygen atoms in total. The second kappa shape index (κ2) is 8.82. The number of hydrogen-bond acceptors (Lipinski definition) is 2. The molecule has 0 heterocycles. The van der Waals surface area contributed by atoms with Crippen LogP contribution in [-0.2, 0) is 17.1 Å². The molecule has 2 aliphatic carbocycles. The van der Waals surface area contributed by atoms with Crippen molar-refractivity contribution in [2.45, 2.75) is 50.4 Å². The first kappa shape index (κ1) is 24.4. The fraction of sp³-hybridized carbons (Fsp3) is 0.480. The largest absolute Gasteiger partial charge is 0.493 e. The van der Waals surface area contributed by atoms with E-state index in [1.54, 1.807) is 25.1 Å². The van der Waals surface area contributed by atoms with Gasteiger partial charge in [-0.25, -0.2) is 0 Å². The molecule has 0 spiro atoms. The number of aliphatic carboxylic acids is 1. The molecule has 0 aromatic heterocycles. The van der Waals surface area contributed by atoms with Gasteiger partial charge in [0.25, 0.3) is 0 Å². The zero-order valence-corrected chi connectivity index (χ0v) is 18.3. The van der Waals surface area contributed by atoms with Crippen LogP contribution in [0.1, 0.15) is 60.3 Å². The van der Waals surface area contributed by atoms with Crippen molar-refractivity contribution in [2.75, 3.05) is 6.61 Å². The van der Waals surface area contributed by atoms with Crippen LogP contribution in [0.3, 0.4) is 0 Å². The van der Waals surface area contributed by atoms with Crippen LogP contribution in [0, 0.1) is 17.8 Å². The maximum absolute atomic E-state index is 13.4. The lowest BCUT2D eigenvalue weighted by atomic mass is 9.83. The van der Waals surface area contributed by atoms with Gasteiger partial charge in [-0.05, 0) is 78.5 Å². The molecule has 4 atom stereocenters. The Morgan fingerprint density at radius 2 is 1.76 bits per heavy atom. The molecule has 2 aromatic carbocycles. The van der Waals surface area contributed by atoms with Gasteiger partial charge in [0.05, 0.1) is 23.7 Å². The van der Waals surface area contributed by atoms with Gasteiger partial charge in [-0.3, -0.25) is 4.79 Å². The monoisotopic (exact) mass is 486 g/mol. The molecule has 1 N–H and O–H groups in total. The zero-order valence-electron chi connectivity index (χ0n) is 18.3. The van der Waals surface area contributed by atoms with Gasteiger partial charge in [0.15, 0.2) is 0 Å². The summed E-state index contributed by atoms with van der Waals surface area (Å²) >= 11 is 0. The molecule has 2 saturated carbocycles. The highest BCUT2D eigenvalue weighted by atomic mass is 19.4. The highest BCUT2D eigenvalue weighted by molar-refractivity contribution is 5.71. The van der Waals surface area contributed by atoms with E-state index in [2.05, 4.69) is 0 Å². The number of benzene rings is 2. The van der Waals surface area contributed by atoms with Crippen molar-refractivity contribution in [2.24, 2.45) is 17.8 Å². The Hall–Kier alpha value is -2.71. The SMILES string of the molecule is C[C@H](C(=O)O)C(c1cccc(OC[C@H]2C[C@@H]2c2cc(C(F)(F)F)ccc2C(F)(F)F)c1)C1CC1. The number of halogens is 6. The van der Waals surface area contributed by atoms with Crippen molar-refractivity contribution in [1.29, 1.82) is 0 Å². The van der Waals surface area contributed by atoms with Gasteiger partial charge in [0, 0.05) is 5.92 Å². The van der Waals surface area contributed by atoms with Crippen molar-refractivity contribution >= 4 is 5.97 Å². The van der Waals surface area contributed by atoms with Crippen LogP contribution in [0.5, 0.6) is 5.75 Å². The molecule has 4 rings (SSSR count). The normalized spacial score (nSPS) is 22.2. The van der Waals surface area contributed by atoms with Gasteiger partial charge in [0.1, 0.15) is 5.75 Å². The number of rotatable bonds is 8. The topological polar surface area (TPSA) is 46.5 Å². The van der Waals surface area contributed by atoms with E-state index in [0.717, 1.165) is 18.4 Å². The summed E-state index contributed by atoms with van der Waals surface area (Å²) in [5.74, 6) is -1.88. The highest BCUT2D eigenvalue weighted by Gasteiger charge is 2.46. The molecule has 0 amide bonds. The summed E-state index contributed by atoms with van der Waals surface area (Å²) < 4.78 is 85.2. The van der Waals surface area contributed by atoms with Gasteiger partial charge in [-0.2, -0.15) is 26.3 Å². The van der Waals surface area contributed by atoms with E-state index >= 15 is 0 Å². The molecule has 2 fully saturated rings. The maximum Gasteiger partial charge on any atom is 0.416 e. The number of hydrogen-bond donors (Lipinski definition) is 1. The molecule has 1 unspecified atom stereocenters. The lowest BCUT2D eigenvalue weighted by Crippen LogP contribution is -2.20. The number of ether oxygens (including phenoxy) is 1. The standard InChI is InChI=1S/C25H24F6O3/c1-13(23(32)33)22(14-5-6-14)15-3-2-4-18(9-15)34-12-16-10-19(16)20-11-17(24(26,27)28)7-8-21(20)25(29,30)31/h2-4,7-9,11,13-14,16,19,22H,5-6,10,12H2,1H3,(H,32,33)/t13-,16+,19-,22?/m0/s1. The summed E-state index contributed by atoms with van der Waals surface area (Å²) in [7, 11) is 0. The molecular formula is C25H24F6O3. The van der Waals surface area contributed by atoms with Crippen molar-refractivity contribution in [1.82, 2.24) is 0 Å². The summed E-state index contributed by atoms with van der Waals surface area (Å²) in [6.45, 7) is 1.73. The summed E-state index contributed by atoms with van der Waals surface area (Å²) in [6, 6.07) is 8.58. The molecular weight excluding hydrogens is 462 g/mol. The van der Waals surface area contributed by atoms with Crippen molar-refractivity contribution in [3.05, 3.63) is 64.7 Å². The minimum atomic E-state index is -4.75. The average molecular weight is 486 g/mol. The van der Waals surface area contributed by atoms with Crippen molar-refractivity contribution < 1.29 is 41.0 Å². The molecule has 0 saturated heterocycles. The third kappa shape index (κ3) is 5.33. The highest BCUT2D eigenvalue weighted by Crippen LogP contribution is 2.52. The number of alkyl halides is 6. The molecule has 9 heteroatoms. The third-order valence-electron chi connectivity index (χ3n) is 6.77. The predicted octanol–water partition coefficient (Wildman–Crippen LogP) is 7.12. The Balaban J connectivity index is 1.47. The number of carbonyl (C=O) groups is 1. The summed E-state index contributed by atoms with van der Waals surface area (Å²) in [4.78, 5) is 11.5. The van der Waals surface area contributed by atoms with E-state index < -0.39 is 41.3 Å². The van der Waals surface area contributed by atoms with Crippen LogP contribution in [0.25, 0.3) is 0 Å². The second-order valence-corrected chi connectivity index (χ2v) is 9.27.